The largest absolute Gasteiger partial charge is 0.497 e. The highest BCUT2D eigenvalue weighted by Crippen LogP contribution is 2.17. The van der Waals surface area contributed by atoms with Gasteiger partial charge in [0.15, 0.2) is 6.61 Å². The predicted octanol–water partition coefficient (Wildman–Crippen LogP) is -0.218. The molecule has 1 fully saturated rings. The number of aliphatic hydroxyl groups is 1. The minimum Gasteiger partial charge on any atom is -0.497 e. The molecule has 1 heterocycles. The molecule has 22 heavy (non-hydrogen) atoms. The van der Waals surface area contributed by atoms with Gasteiger partial charge >= 0.3 is 0 Å². The lowest BCUT2D eigenvalue weighted by Gasteiger charge is -2.16. The fourth-order valence-corrected chi connectivity index (χ4v) is 2.30. The Kier molecular flexibility index (Phi) is 5.21. The van der Waals surface area contributed by atoms with Crippen LogP contribution in [0.25, 0.3) is 0 Å². The topological polar surface area (TPSA) is 88.1 Å². The van der Waals surface area contributed by atoms with Gasteiger partial charge in [-0.15, -0.1) is 0 Å². The molecule has 1 aliphatic heterocycles. The standard InChI is InChI=1S/C15H20N2O5/c1-10(18)16-13-7-17(8-14(13)19)15(20)9-22-12-5-3-11(21-2)4-6-12/h3-6,13-14,19H,7-9H2,1-2H3,(H,16,18)/t13-,14-/m1/s1. The van der Waals surface area contributed by atoms with Crippen molar-refractivity contribution in [3.8, 4) is 11.5 Å². The third-order valence-electron chi connectivity index (χ3n) is 3.45. The normalized spacial score (nSPS) is 20.6. The number of nitrogens with zero attached hydrogens (tertiary/aromatic N) is 1. The van der Waals surface area contributed by atoms with Gasteiger partial charge in [0.05, 0.1) is 19.3 Å². The second-order valence-electron chi connectivity index (χ2n) is 5.14. The van der Waals surface area contributed by atoms with E-state index in [1.54, 1.807) is 31.4 Å². The van der Waals surface area contributed by atoms with Crippen LogP contribution in [-0.4, -0.2) is 60.8 Å². The summed E-state index contributed by atoms with van der Waals surface area (Å²) in [5, 5.41) is 12.5. The van der Waals surface area contributed by atoms with E-state index in [9.17, 15) is 14.7 Å². The van der Waals surface area contributed by atoms with E-state index in [-0.39, 0.29) is 31.5 Å². The van der Waals surface area contributed by atoms with Gasteiger partial charge < -0.3 is 24.8 Å². The van der Waals surface area contributed by atoms with Crippen molar-refractivity contribution in [3.05, 3.63) is 24.3 Å². The third-order valence-corrected chi connectivity index (χ3v) is 3.45. The van der Waals surface area contributed by atoms with Crippen LogP contribution in [0.4, 0.5) is 0 Å². The highest BCUT2D eigenvalue weighted by Gasteiger charge is 2.34. The van der Waals surface area contributed by atoms with Crippen molar-refractivity contribution in [2.75, 3.05) is 26.8 Å². The van der Waals surface area contributed by atoms with Gasteiger partial charge in [0, 0.05) is 20.0 Å². The lowest BCUT2D eigenvalue weighted by molar-refractivity contribution is -0.132. The monoisotopic (exact) mass is 308 g/mol. The molecule has 2 atom stereocenters. The van der Waals surface area contributed by atoms with Gasteiger partial charge in [-0.25, -0.2) is 0 Å². The Morgan fingerprint density at radius 1 is 1.27 bits per heavy atom. The summed E-state index contributed by atoms with van der Waals surface area (Å²) in [6.07, 6.45) is -0.756. The van der Waals surface area contributed by atoms with E-state index in [2.05, 4.69) is 5.32 Å². The van der Waals surface area contributed by atoms with Gasteiger partial charge in [0.1, 0.15) is 11.5 Å². The van der Waals surface area contributed by atoms with Crippen molar-refractivity contribution in [2.24, 2.45) is 0 Å². The number of β-amino-alcohol motifs (C(OH)–C–C–N with tert-alkyl or cyclic N) is 1. The van der Waals surface area contributed by atoms with E-state index in [0.29, 0.717) is 11.5 Å². The third kappa shape index (κ3) is 4.11. The first kappa shape index (κ1) is 16.1. The molecule has 1 aliphatic rings. The Bertz CT molecular complexity index is 531. The number of aliphatic hydroxyl groups excluding tert-OH is 1. The second kappa shape index (κ2) is 7.13. The van der Waals surface area contributed by atoms with E-state index >= 15 is 0 Å². The molecule has 2 amide bonds. The average Bonchev–Trinajstić information content (AvgIpc) is 2.86. The van der Waals surface area contributed by atoms with Gasteiger partial charge in [-0.05, 0) is 24.3 Å². The highest BCUT2D eigenvalue weighted by molar-refractivity contribution is 5.78. The summed E-state index contributed by atoms with van der Waals surface area (Å²) in [6.45, 7) is 1.73. The molecule has 0 saturated carbocycles. The number of benzene rings is 1. The Morgan fingerprint density at radius 2 is 1.91 bits per heavy atom. The maximum Gasteiger partial charge on any atom is 0.260 e. The van der Waals surface area contributed by atoms with E-state index in [0.717, 1.165) is 0 Å². The maximum absolute atomic E-state index is 12.1. The zero-order valence-electron chi connectivity index (χ0n) is 12.6. The number of carbonyl (C=O) groups is 2. The molecule has 0 aromatic heterocycles. The number of nitrogens with one attached hydrogen (secondary N) is 1. The van der Waals surface area contributed by atoms with Crippen LogP contribution in [0.15, 0.2) is 24.3 Å². The summed E-state index contributed by atoms with van der Waals surface area (Å²) in [6, 6.07) is 6.48. The van der Waals surface area contributed by atoms with Crippen molar-refractivity contribution in [3.63, 3.8) is 0 Å². The Hall–Kier alpha value is -2.28. The first-order chi connectivity index (χ1) is 10.5. The van der Waals surface area contributed by atoms with Gasteiger partial charge in [-0.3, -0.25) is 9.59 Å². The fourth-order valence-electron chi connectivity index (χ4n) is 2.30. The minimum absolute atomic E-state index is 0.119. The molecular formula is C15H20N2O5. The minimum atomic E-state index is -0.756. The molecule has 0 bridgehead atoms. The maximum atomic E-state index is 12.1. The number of carbonyl (C=O) groups excluding carboxylic acids is 2. The average molecular weight is 308 g/mol. The molecule has 1 saturated heterocycles. The number of hydrogen-bond donors (Lipinski definition) is 2. The number of hydrogen-bond acceptors (Lipinski definition) is 5. The lowest BCUT2D eigenvalue weighted by Crippen LogP contribution is -2.42. The second-order valence-corrected chi connectivity index (χ2v) is 5.14. The number of likely N-dealkylation sites (tertiary alicyclic amines) is 1. The van der Waals surface area contributed by atoms with Crippen LogP contribution in [-0.2, 0) is 9.59 Å². The molecule has 7 nitrogen and oxygen atoms in total. The lowest BCUT2D eigenvalue weighted by atomic mass is 10.2. The van der Waals surface area contributed by atoms with Crippen LogP contribution in [0.5, 0.6) is 11.5 Å². The zero-order valence-corrected chi connectivity index (χ0v) is 12.6. The van der Waals surface area contributed by atoms with Gasteiger partial charge in [0.25, 0.3) is 5.91 Å². The Morgan fingerprint density at radius 3 is 2.50 bits per heavy atom. The summed E-state index contributed by atoms with van der Waals surface area (Å²) >= 11 is 0. The smallest absolute Gasteiger partial charge is 0.260 e. The zero-order chi connectivity index (χ0) is 16.1. The summed E-state index contributed by atoms with van der Waals surface area (Å²) < 4.78 is 10.5. The summed E-state index contributed by atoms with van der Waals surface area (Å²) in [4.78, 5) is 24.6. The molecule has 0 spiro atoms. The molecule has 2 rings (SSSR count). The molecule has 7 heteroatoms. The van der Waals surface area contributed by atoms with Crippen LogP contribution in [0.3, 0.4) is 0 Å². The first-order valence-electron chi connectivity index (χ1n) is 6.99. The fraction of sp³-hybridized carbons (Fsp3) is 0.467. The molecule has 2 N–H and O–H groups in total. The SMILES string of the molecule is COc1ccc(OCC(=O)N2C[C@@H](O)[C@H](NC(C)=O)C2)cc1. The number of methoxy groups -OCH3 is 1. The number of ether oxygens (including phenoxy) is 2. The molecular weight excluding hydrogens is 288 g/mol. The van der Waals surface area contributed by atoms with Crippen LogP contribution < -0.4 is 14.8 Å². The van der Waals surface area contributed by atoms with Crippen molar-refractivity contribution in [1.82, 2.24) is 10.2 Å². The van der Waals surface area contributed by atoms with E-state index in [1.165, 1.54) is 11.8 Å². The number of rotatable bonds is 5. The van der Waals surface area contributed by atoms with Crippen molar-refractivity contribution < 1.29 is 24.2 Å². The van der Waals surface area contributed by atoms with Crippen LogP contribution in [0.2, 0.25) is 0 Å². The van der Waals surface area contributed by atoms with Gasteiger partial charge in [-0.1, -0.05) is 0 Å². The molecule has 120 valence electrons. The Labute approximate surface area is 128 Å². The van der Waals surface area contributed by atoms with E-state index in [4.69, 9.17) is 9.47 Å². The summed E-state index contributed by atoms with van der Waals surface area (Å²) in [7, 11) is 1.57. The first-order valence-corrected chi connectivity index (χ1v) is 6.99. The van der Waals surface area contributed by atoms with Gasteiger partial charge in [0.2, 0.25) is 5.91 Å². The molecule has 1 aromatic rings. The van der Waals surface area contributed by atoms with E-state index < -0.39 is 12.1 Å². The predicted molar refractivity (Wildman–Crippen MR) is 78.7 cm³/mol. The van der Waals surface area contributed by atoms with E-state index in [1.807, 2.05) is 0 Å². The van der Waals surface area contributed by atoms with Crippen LogP contribution in [0, 0.1) is 0 Å². The van der Waals surface area contributed by atoms with Crippen molar-refractivity contribution in [2.45, 2.75) is 19.1 Å². The summed E-state index contributed by atoms with van der Waals surface area (Å²) in [5.74, 6) is 0.808. The molecule has 0 unspecified atom stereocenters. The van der Waals surface area contributed by atoms with Crippen LogP contribution >= 0.6 is 0 Å². The quantitative estimate of drug-likeness (QED) is 0.785. The molecule has 0 radical (unpaired) electrons. The van der Waals surface area contributed by atoms with Crippen molar-refractivity contribution in [1.29, 1.82) is 0 Å². The molecule has 1 aromatic carbocycles. The van der Waals surface area contributed by atoms with Crippen molar-refractivity contribution >= 4 is 11.8 Å². The summed E-state index contributed by atoms with van der Waals surface area (Å²) in [5.41, 5.74) is 0. The number of amides is 2. The van der Waals surface area contributed by atoms with Gasteiger partial charge in [-0.2, -0.15) is 0 Å². The molecule has 0 aliphatic carbocycles. The highest BCUT2D eigenvalue weighted by atomic mass is 16.5. The van der Waals surface area contributed by atoms with Crippen LogP contribution in [0.1, 0.15) is 6.92 Å². The Balaban J connectivity index is 1.83.